The van der Waals surface area contributed by atoms with Crippen molar-refractivity contribution in [1.82, 2.24) is 5.32 Å². The molecule has 1 N–H and O–H groups in total. The van der Waals surface area contributed by atoms with Gasteiger partial charge < -0.3 is 10.1 Å². The molecule has 0 aromatic heterocycles. The summed E-state index contributed by atoms with van der Waals surface area (Å²) in [5.41, 5.74) is 0.325. The zero-order chi connectivity index (χ0) is 17.2. The Morgan fingerprint density at radius 1 is 1.30 bits per heavy atom. The molecule has 0 bridgehead atoms. The fourth-order valence-electron chi connectivity index (χ4n) is 2.57. The van der Waals surface area contributed by atoms with E-state index in [1.165, 1.54) is 12.1 Å². The van der Waals surface area contributed by atoms with Gasteiger partial charge in [-0.2, -0.15) is 13.2 Å². The zero-order valence-corrected chi connectivity index (χ0v) is 12.7. The van der Waals surface area contributed by atoms with Crippen molar-refractivity contribution < 1.29 is 27.5 Å². The molecule has 4 nitrogen and oxygen atoms in total. The third-order valence-corrected chi connectivity index (χ3v) is 3.60. The first-order chi connectivity index (χ1) is 10.7. The number of amides is 1. The van der Waals surface area contributed by atoms with Crippen LogP contribution < -0.4 is 5.32 Å². The van der Waals surface area contributed by atoms with Crippen molar-refractivity contribution in [2.24, 2.45) is 0 Å². The summed E-state index contributed by atoms with van der Waals surface area (Å²) in [6.45, 7) is 3.39. The number of carbonyl (C=O) groups excluding carboxylic acids is 2. The van der Waals surface area contributed by atoms with E-state index < -0.39 is 23.6 Å². The van der Waals surface area contributed by atoms with Gasteiger partial charge in [0.05, 0.1) is 17.7 Å². The maximum absolute atomic E-state index is 12.6. The highest BCUT2D eigenvalue weighted by molar-refractivity contribution is 5.95. The fraction of sp³-hybridized carbons (Fsp3) is 0.375. The summed E-state index contributed by atoms with van der Waals surface area (Å²) in [6.07, 6.45) is -4.45. The number of carbonyl (C=O) groups is 2. The Labute approximate surface area is 131 Å². The van der Waals surface area contributed by atoms with Crippen molar-refractivity contribution in [3.8, 4) is 0 Å². The molecule has 7 heteroatoms. The van der Waals surface area contributed by atoms with Gasteiger partial charge in [0.15, 0.2) is 0 Å². The van der Waals surface area contributed by atoms with Crippen molar-refractivity contribution in [2.75, 3.05) is 6.61 Å². The van der Waals surface area contributed by atoms with Gasteiger partial charge in [0.1, 0.15) is 0 Å². The lowest BCUT2D eigenvalue weighted by Gasteiger charge is -2.26. The Bertz CT molecular complexity index is 648. The molecule has 1 amide bonds. The van der Waals surface area contributed by atoms with Gasteiger partial charge in [-0.15, -0.1) is 0 Å². The Morgan fingerprint density at radius 2 is 1.91 bits per heavy atom. The van der Waals surface area contributed by atoms with Crippen molar-refractivity contribution >= 4 is 11.9 Å². The molecular weight excluding hydrogens is 311 g/mol. The summed E-state index contributed by atoms with van der Waals surface area (Å²) in [5.74, 6) is -1.49. The zero-order valence-electron chi connectivity index (χ0n) is 12.7. The van der Waals surface area contributed by atoms with E-state index in [1.807, 2.05) is 0 Å². The minimum absolute atomic E-state index is 0.0170. The van der Waals surface area contributed by atoms with Crippen molar-refractivity contribution in [1.29, 1.82) is 0 Å². The van der Waals surface area contributed by atoms with Crippen molar-refractivity contribution in [3.05, 3.63) is 46.7 Å². The second kappa shape index (κ2) is 6.44. The standard InChI is InChI=1S/C16H16F3NO3/c1-3-23-15(22)14-9(2)20-13(21)8-12(14)10-4-6-11(7-5-10)16(17,18)19/h4-7,12H,3,8H2,1-2H3,(H,20,21). The summed E-state index contributed by atoms with van der Waals surface area (Å²) in [6, 6.07) is 4.47. The molecule has 124 valence electrons. The second-order valence-electron chi connectivity index (χ2n) is 5.18. The molecule has 0 aliphatic carbocycles. The van der Waals surface area contributed by atoms with Gasteiger partial charge >= 0.3 is 12.1 Å². The molecule has 1 aliphatic heterocycles. The largest absolute Gasteiger partial charge is 0.463 e. The van der Waals surface area contributed by atoms with Gasteiger partial charge in [0.25, 0.3) is 0 Å². The van der Waals surface area contributed by atoms with Crippen LogP contribution in [0.5, 0.6) is 0 Å². The molecule has 1 aliphatic rings. The van der Waals surface area contributed by atoms with Gasteiger partial charge in [-0.1, -0.05) is 12.1 Å². The van der Waals surface area contributed by atoms with Crippen LogP contribution in [0.25, 0.3) is 0 Å². The lowest BCUT2D eigenvalue weighted by Crippen LogP contribution is -2.34. The normalized spacial score (nSPS) is 18.7. The molecular formula is C16H16F3NO3. The van der Waals surface area contributed by atoms with Crippen LogP contribution in [0.3, 0.4) is 0 Å². The molecule has 2 rings (SSSR count). The lowest BCUT2D eigenvalue weighted by atomic mass is 9.84. The predicted octanol–water partition coefficient (Wildman–Crippen LogP) is 3.15. The highest BCUT2D eigenvalue weighted by Crippen LogP contribution is 2.35. The molecule has 1 aromatic carbocycles. The van der Waals surface area contributed by atoms with E-state index in [1.54, 1.807) is 13.8 Å². The Balaban J connectivity index is 2.40. The highest BCUT2D eigenvalue weighted by Gasteiger charge is 2.34. The number of hydrogen-bond donors (Lipinski definition) is 1. The predicted molar refractivity (Wildman–Crippen MR) is 76.3 cm³/mol. The molecule has 23 heavy (non-hydrogen) atoms. The molecule has 0 radical (unpaired) electrons. The maximum Gasteiger partial charge on any atom is 0.416 e. The maximum atomic E-state index is 12.6. The molecule has 1 atom stereocenters. The SMILES string of the molecule is CCOC(=O)C1=C(C)NC(=O)CC1c1ccc(C(F)(F)F)cc1. The highest BCUT2D eigenvalue weighted by atomic mass is 19.4. The van der Waals surface area contributed by atoms with Crippen LogP contribution in [0.15, 0.2) is 35.5 Å². The van der Waals surface area contributed by atoms with Crippen LogP contribution in [0.4, 0.5) is 13.2 Å². The van der Waals surface area contributed by atoms with E-state index in [2.05, 4.69) is 5.32 Å². The Morgan fingerprint density at radius 3 is 2.43 bits per heavy atom. The number of esters is 1. The van der Waals surface area contributed by atoms with E-state index in [0.717, 1.165) is 12.1 Å². The molecule has 0 fully saturated rings. The molecule has 0 saturated heterocycles. The van der Waals surface area contributed by atoms with Gasteiger partial charge in [-0.3, -0.25) is 4.79 Å². The van der Waals surface area contributed by atoms with E-state index in [9.17, 15) is 22.8 Å². The van der Waals surface area contributed by atoms with Gasteiger partial charge in [0, 0.05) is 18.0 Å². The number of halogens is 3. The van der Waals surface area contributed by atoms with Crippen LogP contribution in [0.2, 0.25) is 0 Å². The first kappa shape index (κ1) is 17.1. The minimum atomic E-state index is -4.43. The van der Waals surface area contributed by atoms with Crippen LogP contribution in [-0.2, 0) is 20.5 Å². The summed E-state index contributed by atoms with van der Waals surface area (Å²) in [5, 5.41) is 2.56. The number of ether oxygens (including phenoxy) is 1. The van der Waals surface area contributed by atoms with Crippen LogP contribution in [0, 0.1) is 0 Å². The molecule has 1 heterocycles. The van der Waals surface area contributed by atoms with E-state index >= 15 is 0 Å². The first-order valence-corrected chi connectivity index (χ1v) is 7.09. The van der Waals surface area contributed by atoms with E-state index in [4.69, 9.17) is 4.74 Å². The molecule has 0 saturated carbocycles. The summed E-state index contributed by atoms with van der Waals surface area (Å²) >= 11 is 0. The number of nitrogens with one attached hydrogen (secondary N) is 1. The molecule has 1 unspecified atom stereocenters. The topological polar surface area (TPSA) is 55.4 Å². The van der Waals surface area contributed by atoms with Crippen molar-refractivity contribution in [3.63, 3.8) is 0 Å². The number of allylic oxidation sites excluding steroid dienone is 1. The minimum Gasteiger partial charge on any atom is -0.463 e. The average Bonchev–Trinajstić information content (AvgIpc) is 2.45. The summed E-state index contributed by atoms with van der Waals surface area (Å²) in [7, 11) is 0. The van der Waals surface area contributed by atoms with E-state index in [-0.39, 0.29) is 24.5 Å². The Hall–Kier alpha value is -2.31. The van der Waals surface area contributed by atoms with Gasteiger partial charge in [-0.25, -0.2) is 4.79 Å². The fourth-order valence-corrected chi connectivity index (χ4v) is 2.57. The number of rotatable bonds is 3. The van der Waals surface area contributed by atoms with Crippen molar-refractivity contribution in [2.45, 2.75) is 32.4 Å². The molecule has 1 aromatic rings. The summed E-state index contributed by atoms with van der Waals surface area (Å²) < 4.78 is 42.9. The third kappa shape index (κ3) is 3.72. The smallest absolute Gasteiger partial charge is 0.416 e. The van der Waals surface area contributed by atoms with E-state index in [0.29, 0.717) is 11.3 Å². The lowest BCUT2D eigenvalue weighted by molar-refractivity contribution is -0.139. The van der Waals surface area contributed by atoms with Gasteiger partial charge in [-0.05, 0) is 31.5 Å². The molecule has 0 spiro atoms. The second-order valence-corrected chi connectivity index (χ2v) is 5.18. The van der Waals surface area contributed by atoms with Crippen LogP contribution in [0.1, 0.15) is 37.3 Å². The third-order valence-electron chi connectivity index (χ3n) is 3.60. The average molecular weight is 327 g/mol. The first-order valence-electron chi connectivity index (χ1n) is 7.09. The van der Waals surface area contributed by atoms with Gasteiger partial charge in [0.2, 0.25) is 5.91 Å². The summed E-state index contributed by atoms with van der Waals surface area (Å²) in [4.78, 5) is 23.8. The number of benzene rings is 1. The Kier molecular flexibility index (Phi) is 4.77. The monoisotopic (exact) mass is 327 g/mol. The quantitative estimate of drug-likeness (QED) is 0.868. The van der Waals surface area contributed by atoms with Crippen LogP contribution >= 0.6 is 0 Å². The van der Waals surface area contributed by atoms with Crippen LogP contribution in [-0.4, -0.2) is 18.5 Å². The number of hydrogen-bond acceptors (Lipinski definition) is 3. The number of alkyl halides is 3.